The molecule has 6 heteroatoms. The Bertz CT molecular complexity index is 209. The number of carbonyl (C=O) groups is 1. The number of nitrogens with two attached hydrogens (primary N) is 1. The topological polar surface area (TPSA) is 113 Å². The van der Waals surface area contributed by atoms with Gasteiger partial charge in [0.05, 0.1) is 6.10 Å². The number of hydrogen-bond acceptors (Lipinski definition) is 5. The number of hydrogen-bond donors (Lipinski definition) is 4. The molecule has 1 saturated heterocycles. The Morgan fingerprint density at radius 1 is 1.23 bits per heavy atom. The maximum Gasteiger partial charge on any atom is 0.249 e. The Morgan fingerprint density at radius 2 is 1.77 bits per heavy atom. The molecule has 1 rings (SSSR count). The van der Waals surface area contributed by atoms with Crippen LogP contribution in [0.1, 0.15) is 6.92 Å². The highest BCUT2D eigenvalue weighted by Crippen LogP contribution is 2.20. The second-order valence-corrected chi connectivity index (χ2v) is 3.14. The first kappa shape index (κ1) is 10.4. The predicted molar refractivity (Wildman–Crippen MR) is 41.5 cm³/mol. The zero-order valence-electron chi connectivity index (χ0n) is 7.12. The molecule has 1 aliphatic heterocycles. The quantitative estimate of drug-likeness (QED) is 0.361. The molecule has 0 aliphatic carbocycles. The van der Waals surface area contributed by atoms with Crippen LogP contribution in [0.5, 0.6) is 0 Å². The molecule has 1 heterocycles. The third-order valence-electron chi connectivity index (χ3n) is 2.13. The molecular formula is C7H13NO5. The highest BCUT2D eigenvalue weighted by Gasteiger charge is 2.44. The number of ether oxygens (including phenoxy) is 1. The van der Waals surface area contributed by atoms with Crippen molar-refractivity contribution in [3.63, 3.8) is 0 Å². The molecule has 0 saturated carbocycles. The lowest BCUT2D eigenvalue weighted by Crippen LogP contribution is -2.60. The minimum atomic E-state index is -1.47. The van der Waals surface area contributed by atoms with Crippen LogP contribution in [0.3, 0.4) is 0 Å². The molecule has 1 fully saturated rings. The van der Waals surface area contributed by atoms with Gasteiger partial charge in [-0.05, 0) is 6.92 Å². The average molecular weight is 191 g/mol. The Labute approximate surface area is 74.9 Å². The molecule has 1 aliphatic rings. The number of aliphatic hydroxyl groups is 3. The molecule has 0 aromatic heterocycles. The van der Waals surface area contributed by atoms with Crippen LogP contribution >= 0.6 is 0 Å². The minimum Gasteiger partial charge on any atom is -0.388 e. The summed E-state index contributed by atoms with van der Waals surface area (Å²) in [5, 5.41) is 27.7. The van der Waals surface area contributed by atoms with Crippen LogP contribution in [0, 0.1) is 0 Å². The van der Waals surface area contributed by atoms with Crippen molar-refractivity contribution in [3.8, 4) is 0 Å². The van der Waals surface area contributed by atoms with Crippen LogP contribution in [-0.2, 0) is 9.53 Å². The third kappa shape index (κ3) is 1.80. The van der Waals surface area contributed by atoms with Gasteiger partial charge in [-0.25, -0.2) is 0 Å². The summed E-state index contributed by atoms with van der Waals surface area (Å²) in [6.07, 6.45) is -6.06. The van der Waals surface area contributed by atoms with Crippen molar-refractivity contribution in [1.82, 2.24) is 0 Å². The molecule has 76 valence electrons. The van der Waals surface area contributed by atoms with E-state index in [2.05, 4.69) is 0 Å². The summed E-state index contributed by atoms with van der Waals surface area (Å²) in [7, 11) is 0. The standard InChI is InChI=1S/C7H13NO5/c1-2-3(9)4(10)5(11)6(13-2)7(8)12/h2-6,9-11H,1H3,(H2,8,12)/t2-,3-,4+,5+,6?/m1/s1. The fourth-order valence-corrected chi connectivity index (χ4v) is 1.29. The normalized spacial score (nSPS) is 46.0. The number of aliphatic hydroxyl groups excluding tert-OH is 3. The highest BCUT2D eigenvalue weighted by atomic mass is 16.5. The molecule has 0 aromatic carbocycles. The van der Waals surface area contributed by atoms with Gasteiger partial charge < -0.3 is 25.8 Å². The fourth-order valence-electron chi connectivity index (χ4n) is 1.29. The van der Waals surface area contributed by atoms with Crippen molar-refractivity contribution in [3.05, 3.63) is 0 Å². The maximum atomic E-state index is 10.7. The lowest BCUT2D eigenvalue weighted by atomic mass is 9.95. The van der Waals surface area contributed by atoms with E-state index in [1.165, 1.54) is 6.92 Å². The summed E-state index contributed by atoms with van der Waals surface area (Å²) >= 11 is 0. The number of primary amides is 1. The van der Waals surface area contributed by atoms with Gasteiger partial charge in [-0.2, -0.15) is 0 Å². The molecule has 0 bridgehead atoms. The first-order valence-corrected chi connectivity index (χ1v) is 3.94. The molecule has 0 aromatic rings. The molecule has 0 spiro atoms. The summed E-state index contributed by atoms with van der Waals surface area (Å²) in [6.45, 7) is 1.48. The van der Waals surface area contributed by atoms with Gasteiger partial charge in [0.15, 0.2) is 6.10 Å². The van der Waals surface area contributed by atoms with Gasteiger partial charge in [-0.3, -0.25) is 4.79 Å². The van der Waals surface area contributed by atoms with Gasteiger partial charge in [0.1, 0.15) is 18.3 Å². The SMILES string of the molecule is C[C@H]1OC(C(N)=O)[C@@H](O)[C@@H](O)[C@@H]1O. The van der Waals surface area contributed by atoms with Gasteiger partial charge in [-0.1, -0.05) is 0 Å². The molecule has 1 unspecified atom stereocenters. The van der Waals surface area contributed by atoms with E-state index in [9.17, 15) is 20.1 Å². The monoisotopic (exact) mass is 191 g/mol. The van der Waals surface area contributed by atoms with Crippen LogP contribution < -0.4 is 5.73 Å². The van der Waals surface area contributed by atoms with E-state index in [1.807, 2.05) is 0 Å². The van der Waals surface area contributed by atoms with Gasteiger partial charge in [0, 0.05) is 0 Å². The number of carbonyl (C=O) groups excluding carboxylic acids is 1. The van der Waals surface area contributed by atoms with Crippen molar-refractivity contribution in [2.24, 2.45) is 5.73 Å². The van der Waals surface area contributed by atoms with E-state index in [4.69, 9.17) is 10.5 Å². The maximum absolute atomic E-state index is 10.7. The van der Waals surface area contributed by atoms with Gasteiger partial charge in [0.2, 0.25) is 5.91 Å². The van der Waals surface area contributed by atoms with Crippen molar-refractivity contribution < 1.29 is 24.9 Å². The molecule has 0 radical (unpaired) electrons. The zero-order chi connectivity index (χ0) is 10.2. The molecule has 6 nitrogen and oxygen atoms in total. The van der Waals surface area contributed by atoms with Crippen molar-refractivity contribution in [2.45, 2.75) is 37.4 Å². The van der Waals surface area contributed by atoms with Crippen LogP contribution in [-0.4, -0.2) is 51.7 Å². The molecule has 5 N–H and O–H groups in total. The molecular weight excluding hydrogens is 178 g/mol. The molecule has 1 amide bonds. The Hall–Kier alpha value is -0.690. The summed E-state index contributed by atoms with van der Waals surface area (Å²) in [6, 6.07) is 0. The van der Waals surface area contributed by atoms with Crippen LogP contribution in [0.4, 0.5) is 0 Å². The van der Waals surface area contributed by atoms with Gasteiger partial charge in [-0.15, -0.1) is 0 Å². The second-order valence-electron chi connectivity index (χ2n) is 3.14. The van der Waals surface area contributed by atoms with E-state index in [-0.39, 0.29) is 0 Å². The number of rotatable bonds is 1. The first-order valence-electron chi connectivity index (χ1n) is 3.94. The van der Waals surface area contributed by atoms with E-state index in [0.717, 1.165) is 0 Å². The first-order chi connectivity index (χ1) is 5.95. The summed E-state index contributed by atoms with van der Waals surface area (Å²) in [5.74, 6) is -0.856. The lowest BCUT2D eigenvalue weighted by molar-refractivity contribution is -0.214. The summed E-state index contributed by atoms with van der Waals surface area (Å²) < 4.78 is 4.91. The van der Waals surface area contributed by atoms with Crippen molar-refractivity contribution in [1.29, 1.82) is 0 Å². The second kappa shape index (κ2) is 3.59. The predicted octanol–water partition coefficient (Wildman–Crippen LogP) is -2.66. The van der Waals surface area contributed by atoms with E-state index < -0.39 is 36.4 Å². The van der Waals surface area contributed by atoms with Crippen LogP contribution in [0.15, 0.2) is 0 Å². The highest BCUT2D eigenvalue weighted by molar-refractivity contribution is 5.79. The van der Waals surface area contributed by atoms with E-state index in [1.54, 1.807) is 0 Å². The van der Waals surface area contributed by atoms with Gasteiger partial charge >= 0.3 is 0 Å². The zero-order valence-corrected chi connectivity index (χ0v) is 7.12. The molecule has 5 atom stereocenters. The Kier molecular flexibility index (Phi) is 2.87. The Balaban J connectivity index is 2.76. The minimum absolute atomic E-state index is 0.726. The third-order valence-corrected chi connectivity index (χ3v) is 2.13. The lowest BCUT2D eigenvalue weighted by Gasteiger charge is -2.37. The smallest absolute Gasteiger partial charge is 0.249 e. The summed E-state index contributed by atoms with van der Waals surface area (Å²) in [5.41, 5.74) is 4.91. The largest absolute Gasteiger partial charge is 0.388 e. The van der Waals surface area contributed by atoms with Crippen molar-refractivity contribution in [2.75, 3.05) is 0 Å². The van der Waals surface area contributed by atoms with E-state index in [0.29, 0.717) is 0 Å². The fraction of sp³-hybridized carbons (Fsp3) is 0.857. The molecule has 13 heavy (non-hydrogen) atoms. The van der Waals surface area contributed by atoms with Gasteiger partial charge in [0.25, 0.3) is 0 Å². The number of amides is 1. The average Bonchev–Trinajstić information content (AvgIpc) is 2.07. The van der Waals surface area contributed by atoms with E-state index >= 15 is 0 Å². The summed E-state index contributed by atoms with van der Waals surface area (Å²) in [4.78, 5) is 10.7. The van der Waals surface area contributed by atoms with Crippen LogP contribution in [0.25, 0.3) is 0 Å². The van der Waals surface area contributed by atoms with Crippen LogP contribution in [0.2, 0.25) is 0 Å². The Morgan fingerprint density at radius 3 is 2.23 bits per heavy atom. The van der Waals surface area contributed by atoms with Crippen molar-refractivity contribution >= 4 is 5.91 Å².